The van der Waals surface area contributed by atoms with Crippen molar-refractivity contribution in [3.05, 3.63) is 65.2 Å². The van der Waals surface area contributed by atoms with Crippen molar-refractivity contribution in [2.45, 2.75) is 25.4 Å². The summed E-state index contributed by atoms with van der Waals surface area (Å²) in [4.78, 5) is 21.2. The second-order valence-corrected chi connectivity index (χ2v) is 6.86. The van der Waals surface area contributed by atoms with Gasteiger partial charge < -0.3 is 5.32 Å². The molecule has 0 unspecified atom stereocenters. The molecule has 0 aliphatic rings. The summed E-state index contributed by atoms with van der Waals surface area (Å²) in [5.41, 5.74) is 3.02. The van der Waals surface area contributed by atoms with Crippen LogP contribution in [0.25, 0.3) is 10.9 Å². The average molecular weight is 355 g/mol. The highest BCUT2D eigenvalue weighted by Crippen LogP contribution is 2.24. The van der Waals surface area contributed by atoms with Gasteiger partial charge in [-0.3, -0.25) is 9.78 Å². The molecule has 0 aliphatic heterocycles. The van der Waals surface area contributed by atoms with Crippen LogP contribution in [-0.4, -0.2) is 21.6 Å². The summed E-state index contributed by atoms with van der Waals surface area (Å²) in [7, 11) is 0. The molecular formula is C19H18FN3OS. The standard InChI is InChI=1S/C19H18FN3OS/c1-3-25-18-8-15-12(2)16(10-21-17(15)11-22-18)19(24)23-9-13-4-6-14(20)7-5-13/h4-8,10-11H,3,9H2,1-2H3,(H,23,24). The number of nitrogens with one attached hydrogen (secondary N) is 1. The number of rotatable bonds is 5. The van der Waals surface area contributed by atoms with Crippen molar-refractivity contribution >= 4 is 28.6 Å². The maximum absolute atomic E-state index is 12.9. The predicted octanol–water partition coefficient (Wildman–Crippen LogP) is 4.12. The molecule has 2 aromatic heterocycles. The van der Waals surface area contributed by atoms with Gasteiger partial charge in [0.15, 0.2) is 0 Å². The van der Waals surface area contributed by atoms with Crippen LogP contribution >= 0.6 is 11.8 Å². The molecule has 0 bridgehead atoms. The van der Waals surface area contributed by atoms with Crippen LogP contribution in [0.5, 0.6) is 0 Å². The predicted molar refractivity (Wildman–Crippen MR) is 98.2 cm³/mol. The third-order valence-corrected chi connectivity index (χ3v) is 4.71. The van der Waals surface area contributed by atoms with Gasteiger partial charge in [0.05, 0.1) is 22.3 Å². The van der Waals surface area contributed by atoms with Crippen LogP contribution in [-0.2, 0) is 6.54 Å². The Morgan fingerprint density at radius 3 is 2.68 bits per heavy atom. The molecular weight excluding hydrogens is 337 g/mol. The number of amides is 1. The van der Waals surface area contributed by atoms with Crippen molar-refractivity contribution in [3.63, 3.8) is 0 Å². The lowest BCUT2D eigenvalue weighted by atomic mass is 10.1. The van der Waals surface area contributed by atoms with Gasteiger partial charge in [-0.05, 0) is 42.0 Å². The number of hydrogen-bond acceptors (Lipinski definition) is 4. The fraction of sp³-hybridized carbons (Fsp3) is 0.211. The van der Waals surface area contributed by atoms with E-state index >= 15 is 0 Å². The van der Waals surface area contributed by atoms with E-state index in [2.05, 4.69) is 22.2 Å². The quantitative estimate of drug-likeness (QED) is 0.700. The third kappa shape index (κ3) is 3.96. The highest BCUT2D eigenvalue weighted by atomic mass is 32.2. The van der Waals surface area contributed by atoms with Crippen molar-refractivity contribution in [3.8, 4) is 0 Å². The summed E-state index contributed by atoms with van der Waals surface area (Å²) >= 11 is 1.65. The van der Waals surface area contributed by atoms with Crippen molar-refractivity contribution in [2.75, 3.05) is 5.75 Å². The van der Waals surface area contributed by atoms with Gasteiger partial charge in [-0.25, -0.2) is 9.37 Å². The lowest BCUT2D eigenvalue weighted by Crippen LogP contribution is -2.23. The van der Waals surface area contributed by atoms with E-state index in [1.165, 1.54) is 12.1 Å². The lowest BCUT2D eigenvalue weighted by Gasteiger charge is -2.10. The number of aromatic nitrogens is 2. The maximum atomic E-state index is 12.9. The van der Waals surface area contributed by atoms with E-state index in [4.69, 9.17) is 0 Å². The fourth-order valence-corrected chi connectivity index (χ4v) is 3.17. The average Bonchev–Trinajstić information content (AvgIpc) is 2.62. The Hall–Kier alpha value is -2.47. The van der Waals surface area contributed by atoms with Crippen LogP contribution in [0.15, 0.2) is 47.8 Å². The van der Waals surface area contributed by atoms with E-state index in [1.54, 1.807) is 36.3 Å². The summed E-state index contributed by atoms with van der Waals surface area (Å²) in [6.07, 6.45) is 3.31. The van der Waals surface area contributed by atoms with Gasteiger partial charge in [0.1, 0.15) is 5.82 Å². The Labute approximate surface area is 149 Å². The molecule has 0 radical (unpaired) electrons. The van der Waals surface area contributed by atoms with E-state index < -0.39 is 0 Å². The number of benzene rings is 1. The fourth-order valence-electron chi connectivity index (χ4n) is 2.54. The zero-order valence-corrected chi connectivity index (χ0v) is 14.9. The Morgan fingerprint density at radius 1 is 1.20 bits per heavy atom. The van der Waals surface area contributed by atoms with E-state index in [0.29, 0.717) is 12.1 Å². The van der Waals surface area contributed by atoms with Crippen LogP contribution in [0, 0.1) is 12.7 Å². The largest absolute Gasteiger partial charge is 0.348 e. The molecule has 6 heteroatoms. The number of nitrogens with zero attached hydrogens (tertiary/aromatic N) is 2. The van der Waals surface area contributed by atoms with Gasteiger partial charge >= 0.3 is 0 Å². The normalized spacial score (nSPS) is 10.8. The number of pyridine rings is 2. The molecule has 128 valence electrons. The lowest BCUT2D eigenvalue weighted by molar-refractivity contribution is 0.0950. The molecule has 4 nitrogen and oxygen atoms in total. The van der Waals surface area contributed by atoms with Crippen LogP contribution in [0.1, 0.15) is 28.4 Å². The number of carbonyl (C=O) groups is 1. The summed E-state index contributed by atoms with van der Waals surface area (Å²) in [6, 6.07) is 8.04. The highest BCUT2D eigenvalue weighted by Gasteiger charge is 2.13. The highest BCUT2D eigenvalue weighted by molar-refractivity contribution is 7.99. The Morgan fingerprint density at radius 2 is 1.96 bits per heavy atom. The van der Waals surface area contributed by atoms with Gasteiger partial charge in [0.25, 0.3) is 5.91 Å². The van der Waals surface area contributed by atoms with Crippen molar-refractivity contribution < 1.29 is 9.18 Å². The van der Waals surface area contributed by atoms with Gasteiger partial charge in [-0.15, -0.1) is 11.8 Å². The minimum absolute atomic E-state index is 0.197. The molecule has 0 atom stereocenters. The third-order valence-electron chi connectivity index (χ3n) is 3.90. The van der Waals surface area contributed by atoms with Gasteiger partial charge in [-0.2, -0.15) is 0 Å². The minimum atomic E-state index is -0.293. The van der Waals surface area contributed by atoms with E-state index in [9.17, 15) is 9.18 Å². The molecule has 0 spiro atoms. The summed E-state index contributed by atoms with van der Waals surface area (Å²) in [5, 5.41) is 4.71. The molecule has 0 saturated heterocycles. The van der Waals surface area contributed by atoms with E-state index in [0.717, 1.165) is 32.8 Å². The maximum Gasteiger partial charge on any atom is 0.253 e. The molecule has 25 heavy (non-hydrogen) atoms. The van der Waals surface area contributed by atoms with Crippen molar-refractivity contribution in [2.24, 2.45) is 0 Å². The van der Waals surface area contributed by atoms with Gasteiger partial charge in [0, 0.05) is 18.1 Å². The number of carbonyl (C=O) groups excluding carboxylic acids is 1. The van der Waals surface area contributed by atoms with Gasteiger partial charge in [-0.1, -0.05) is 19.1 Å². The first kappa shape index (κ1) is 17.4. The zero-order chi connectivity index (χ0) is 17.8. The first-order valence-corrected chi connectivity index (χ1v) is 8.98. The smallest absolute Gasteiger partial charge is 0.253 e. The number of thioether (sulfide) groups is 1. The first-order valence-electron chi connectivity index (χ1n) is 7.99. The molecule has 2 heterocycles. The molecule has 3 rings (SSSR count). The molecule has 3 aromatic rings. The van der Waals surface area contributed by atoms with E-state index in [1.807, 2.05) is 13.0 Å². The monoisotopic (exact) mass is 355 g/mol. The van der Waals surface area contributed by atoms with Crippen molar-refractivity contribution in [1.82, 2.24) is 15.3 Å². The number of hydrogen-bond donors (Lipinski definition) is 1. The molecule has 1 N–H and O–H groups in total. The molecule has 0 fully saturated rings. The van der Waals surface area contributed by atoms with E-state index in [-0.39, 0.29) is 11.7 Å². The van der Waals surface area contributed by atoms with Crippen LogP contribution in [0.2, 0.25) is 0 Å². The molecule has 1 amide bonds. The summed E-state index contributed by atoms with van der Waals surface area (Å²) in [5.74, 6) is 0.444. The van der Waals surface area contributed by atoms with Crippen LogP contribution < -0.4 is 5.32 Å². The second-order valence-electron chi connectivity index (χ2n) is 5.58. The summed E-state index contributed by atoms with van der Waals surface area (Å²) in [6.45, 7) is 4.32. The molecule has 0 saturated carbocycles. The number of fused-ring (bicyclic) bond motifs is 1. The second kappa shape index (κ2) is 7.61. The Bertz CT molecular complexity index is 912. The van der Waals surface area contributed by atoms with Crippen molar-refractivity contribution in [1.29, 1.82) is 0 Å². The minimum Gasteiger partial charge on any atom is -0.348 e. The molecule has 0 aliphatic carbocycles. The Kier molecular flexibility index (Phi) is 5.28. The molecule has 1 aromatic carbocycles. The first-order chi connectivity index (χ1) is 12.1. The summed E-state index contributed by atoms with van der Waals surface area (Å²) < 4.78 is 12.9. The number of halogens is 1. The Balaban J connectivity index is 1.82. The number of aryl methyl sites for hydroxylation is 1. The van der Waals surface area contributed by atoms with Crippen LogP contribution in [0.3, 0.4) is 0 Å². The topological polar surface area (TPSA) is 54.9 Å². The zero-order valence-electron chi connectivity index (χ0n) is 14.0. The van der Waals surface area contributed by atoms with Crippen LogP contribution in [0.4, 0.5) is 4.39 Å². The van der Waals surface area contributed by atoms with Gasteiger partial charge in [0.2, 0.25) is 0 Å². The SMILES string of the molecule is CCSc1cc2c(C)c(C(=O)NCc3ccc(F)cc3)cnc2cn1.